The normalized spacial score (nSPS) is 9.18. The van der Waals surface area contributed by atoms with Crippen LogP contribution in [-0.4, -0.2) is 45.8 Å². The molecule has 0 saturated heterocycles. The highest BCUT2D eigenvalue weighted by molar-refractivity contribution is 5.61. The summed E-state index contributed by atoms with van der Waals surface area (Å²) in [6, 6.07) is 0. The van der Waals surface area contributed by atoms with Gasteiger partial charge in [0.25, 0.3) is 0 Å². The van der Waals surface area contributed by atoms with Crippen molar-refractivity contribution >= 4 is 12.2 Å². The van der Waals surface area contributed by atoms with Crippen LogP contribution in [0.5, 0.6) is 0 Å². The lowest BCUT2D eigenvalue weighted by molar-refractivity contribution is 0.0480. The third kappa shape index (κ3) is 20.5. The van der Waals surface area contributed by atoms with Gasteiger partial charge in [-0.25, -0.2) is 9.59 Å². The van der Waals surface area contributed by atoms with Gasteiger partial charge in [-0.05, 0) is 12.8 Å². The van der Waals surface area contributed by atoms with E-state index in [0.717, 1.165) is 12.8 Å². The molecule has 0 aliphatic heterocycles. The molecule has 0 atom stereocenters. The minimum absolute atomic E-state index is 0.0938. The van der Waals surface area contributed by atoms with E-state index in [4.69, 9.17) is 30.0 Å². The molecule has 8 nitrogen and oxygen atoms in total. The van der Waals surface area contributed by atoms with Crippen molar-refractivity contribution < 1.29 is 30.0 Å². The SMILES string of the molecule is CCC(CC)(CO)CO.NC(=O)O.NC(=O)O. The van der Waals surface area contributed by atoms with Gasteiger partial charge in [0.15, 0.2) is 0 Å². The Balaban J connectivity index is -0.000000205. The fraction of sp³-hybridized carbons (Fsp3) is 0.778. The molecule has 17 heavy (non-hydrogen) atoms. The number of carboxylic acid groups (broad SMARTS) is 2. The molecule has 0 heterocycles. The topological polar surface area (TPSA) is 167 Å². The number of aliphatic hydroxyl groups excluding tert-OH is 2. The second kappa shape index (κ2) is 12.5. The summed E-state index contributed by atoms with van der Waals surface area (Å²) in [5.74, 6) is 0. The van der Waals surface area contributed by atoms with Gasteiger partial charge in [-0.15, -0.1) is 0 Å². The van der Waals surface area contributed by atoms with Gasteiger partial charge in [-0.1, -0.05) is 13.8 Å². The largest absolute Gasteiger partial charge is 0.465 e. The number of hydrogen-bond acceptors (Lipinski definition) is 4. The van der Waals surface area contributed by atoms with Crippen molar-refractivity contribution in [1.29, 1.82) is 0 Å². The molecule has 0 rings (SSSR count). The van der Waals surface area contributed by atoms with E-state index >= 15 is 0 Å². The molecule has 0 aliphatic carbocycles. The van der Waals surface area contributed by atoms with Crippen LogP contribution in [0.1, 0.15) is 26.7 Å². The molecule has 0 bridgehead atoms. The van der Waals surface area contributed by atoms with Crippen LogP contribution in [0.4, 0.5) is 9.59 Å². The van der Waals surface area contributed by atoms with Gasteiger partial charge in [0.1, 0.15) is 0 Å². The van der Waals surface area contributed by atoms with Gasteiger partial charge in [0.2, 0.25) is 0 Å². The molecule has 8 heteroatoms. The van der Waals surface area contributed by atoms with Crippen molar-refractivity contribution in [3.8, 4) is 0 Å². The highest BCUT2D eigenvalue weighted by Crippen LogP contribution is 2.23. The van der Waals surface area contributed by atoms with E-state index in [9.17, 15) is 0 Å². The Bertz CT molecular complexity index is 168. The molecule has 0 fully saturated rings. The van der Waals surface area contributed by atoms with Crippen molar-refractivity contribution in [3.63, 3.8) is 0 Å². The van der Waals surface area contributed by atoms with Crippen LogP contribution in [0.15, 0.2) is 0 Å². The molecule has 0 spiro atoms. The number of rotatable bonds is 4. The molecular weight excluding hydrogens is 232 g/mol. The van der Waals surface area contributed by atoms with E-state index in [2.05, 4.69) is 11.5 Å². The fourth-order valence-electron chi connectivity index (χ4n) is 0.747. The molecule has 0 aromatic heterocycles. The van der Waals surface area contributed by atoms with E-state index < -0.39 is 12.2 Å². The predicted octanol–water partition coefficient (Wildman–Crippen LogP) is 0.0236. The molecule has 0 saturated carbocycles. The average molecular weight is 254 g/mol. The fourth-order valence-corrected chi connectivity index (χ4v) is 0.747. The quantitative estimate of drug-likeness (QED) is 0.413. The summed E-state index contributed by atoms with van der Waals surface area (Å²) < 4.78 is 0. The van der Waals surface area contributed by atoms with Crippen LogP contribution in [0.3, 0.4) is 0 Å². The first-order valence-corrected chi connectivity index (χ1v) is 4.89. The molecule has 0 radical (unpaired) electrons. The molecule has 0 unspecified atom stereocenters. The Morgan fingerprint density at radius 1 is 0.941 bits per heavy atom. The molecule has 0 aliphatic rings. The van der Waals surface area contributed by atoms with Crippen molar-refractivity contribution in [2.24, 2.45) is 16.9 Å². The Morgan fingerprint density at radius 2 is 1.12 bits per heavy atom. The lowest BCUT2D eigenvalue weighted by Gasteiger charge is -2.25. The van der Waals surface area contributed by atoms with Crippen molar-refractivity contribution in [1.82, 2.24) is 0 Å². The number of nitrogens with two attached hydrogens (primary N) is 2. The van der Waals surface area contributed by atoms with Crippen LogP contribution >= 0.6 is 0 Å². The zero-order valence-electron chi connectivity index (χ0n) is 10.1. The summed E-state index contributed by atoms with van der Waals surface area (Å²) in [4.78, 5) is 17.6. The maximum Gasteiger partial charge on any atom is 0.402 e. The van der Waals surface area contributed by atoms with E-state index in [-0.39, 0.29) is 18.6 Å². The van der Waals surface area contributed by atoms with Gasteiger partial charge < -0.3 is 31.9 Å². The molecule has 2 amide bonds. The van der Waals surface area contributed by atoms with E-state index in [0.29, 0.717) is 0 Å². The number of aliphatic hydroxyl groups is 2. The summed E-state index contributed by atoms with van der Waals surface area (Å²) in [6.07, 6.45) is -0.979. The smallest absolute Gasteiger partial charge is 0.402 e. The summed E-state index contributed by atoms with van der Waals surface area (Å²) >= 11 is 0. The van der Waals surface area contributed by atoms with Crippen LogP contribution < -0.4 is 11.5 Å². The second-order valence-corrected chi connectivity index (χ2v) is 3.20. The summed E-state index contributed by atoms with van der Waals surface area (Å²) in [6.45, 7) is 4.15. The first kappa shape index (κ1) is 20.8. The van der Waals surface area contributed by atoms with Gasteiger partial charge >= 0.3 is 12.2 Å². The van der Waals surface area contributed by atoms with Gasteiger partial charge in [0.05, 0.1) is 13.2 Å². The Kier molecular flexibility index (Phi) is 15.3. The predicted molar refractivity (Wildman–Crippen MR) is 61.6 cm³/mol. The van der Waals surface area contributed by atoms with Crippen LogP contribution in [0.25, 0.3) is 0 Å². The van der Waals surface area contributed by atoms with Crippen LogP contribution in [0, 0.1) is 5.41 Å². The maximum atomic E-state index is 8.82. The van der Waals surface area contributed by atoms with Crippen molar-refractivity contribution in [2.45, 2.75) is 26.7 Å². The Labute approximate surface area is 99.9 Å². The van der Waals surface area contributed by atoms with Crippen LogP contribution in [-0.2, 0) is 0 Å². The monoisotopic (exact) mass is 254 g/mol. The molecular formula is C9H22N2O6. The zero-order valence-corrected chi connectivity index (χ0v) is 10.1. The maximum absolute atomic E-state index is 8.82. The third-order valence-electron chi connectivity index (χ3n) is 2.17. The van der Waals surface area contributed by atoms with E-state index in [1.165, 1.54) is 0 Å². The molecule has 8 N–H and O–H groups in total. The van der Waals surface area contributed by atoms with Gasteiger partial charge in [-0.3, -0.25) is 0 Å². The summed E-state index contributed by atoms with van der Waals surface area (Å²) in [5, 5.41) is 32.0. The lowest BCUT2D eigenvalue weighted by Crippen LogP contribution is -2.27. The standard InChI is InChI=1S/C7H16O2.2CH3NO2/c1-3-7(4-2,5-8)6-9;2*2-1(3)4/h8-9H,3-6H2,1-2H3;2*2H2,(H,3,4). The second-order valence-electron chi connectivity index (χ2n) is 3.20. The number of primary amides is 2. The highest BCUT2D eigenvalue weighted by Gasteiger charge is 2.23. The van der Waals surface area contributed by atoms with E-state index in [1.807, 2.05) is 13.8 Å². The number of carbonyl (C=O) groups is 2. The molecule has 104 valence electrons. The van der Waals surface area contributed by atoms with Crippen molar-refractivity contribution in [3.05, 3.63) is 0 Å². The molecule has 0 aromatic rings. The Morgan fingerprint density at radius 3 is 1.12 bits per heavy atom. The lowest BCUT2D eigenvalue weighted by atomic mass is 9.84. The van der Waals surface area contributed by atoms with Crippen molar-refractivity contribution in [2.75, 3.05) is 13.2 Å². The first-order valence-electron chi connectivity index (χ1n) is 4.89. The zero-order chi connectivity index (χ0) is 14.5. The summed E-state index contributed by atoms with van der Waals surface area (Å²) in [7, 11) is 0. The summed E-state index contributed by atoms with van der Waals surface area (Å²) in [5.41, 5.74) is 7.83. The van der Waals surface area contributed by atoms with E-state index in [1.54, 1.807) is 0 Å². The molecule has 0 aromatic carbocycles. The van der Waals surface area contributed by atoms with Crippen LogP contribution in [0.2, 0.25) is 0 Å². The highest BCUT2D eigenvalue weighted by atomic mass is 16.4. The third-order valence-corrected chi connectivity index (χ3v) is 2.17. The minimum atomic E-state index is -1.33. The van der Waals surface area contributed by atoms with Gasteiger partial charge in [-0.2, -0.15) is 0 Å². The minimum Gasteiger partial charge on any atom is -0.465 e. The van der Waals surface area contributed by atoms with Gasteiger partial charge in [0, 0.05) is 5.41 Å². The number of amides is 2. The number of hydrogen-bond donors (Lipinski definition) is 6. The average Bonchev–Trinajstić information content (AvgIpc) is 2.20. The Hall–Kier alpha value is -1.54. The first-order chi connectivity index (χ1) is 7.71.